The molecule has 0 aromatic rings. The van der Waals surface area contributed by atoms with Crippen LogP contribution in [0.1, 0.15) is 32.6 Å². The highest BCUT2D eigenvalue weighted by molar-refractivity contribution is 5.80. The van der Waals surface area contributed by atoms with Crippen molar-refractivity contribution in [3.63, 3.8) is 0 Å². The van der Waals surface area contributed by atoms with E-state index in [4.69, 9.17) is 5.11 Å². The van der Waals surface area contributed by atoms with Crippen molar-refractivity contribution in [2.45, 2.75) is 32.6 Å². The lowest BCUT2D eigenvalue weighted by atomic mass is 10.0. The summed E-state index contributed by atoms with van der Waals surface area (Å²) in [6, 6.07) is 0. The lowest BCUT2D eigenvalue weighted by Crippen LogP contribution is -2.31. The van der Waals surface area contributed by atoms with Crippen LogP contribution in [0.3, 0.4) is 0 Å². The van der Waals surface area contributed by atoms with Crippen LogP contribution in [0.15, 0.2) is 0 Å². The van der Waals surface area contributed by atoms with Gasteiger partial charge >= 0.3 is 5.97 Å². The molecule has 14 heavy (non-hydrogen) atoms. The fourth-order valence-electron chi connectivity index (χ4n) is 1.34. The van der Waals surface area contributed by atoms with Crippen LogP contribution in [-0.4, -0.2) is 23.5 Å². The molecule has 4 nitrogen and oxygen atoms in total. The van der Waals surface area contributed by atoms with Gasteiger partial charge in [0.15, 0.2) is 0 Å². The van der Waals surface area contributed by atoms with Crippen molar-refractivity contribution in [2.24, 2.45) is 11.8 Å². The Morgan fingerprint density at radius 1 is 1.50 bits per heavy atom. The highest BCUT2D eigenvalue weighted by Crippen LogP contribution is 2.28. The van der Waals surface area contributed by atoms with E-state index in [1.807, 2.05) is 6.92 Å². The molecule has 4 heteroatoms. The predicted octanol–water partition coefficient (Wildman–Crippen LogP) is 1.01. The van der Waals surface area contributed by atoms with Crippen molar-refractivity contribution < 1.29 is 14.7 Å². The summed E-state index contributed by atoms with van der Waals surface area (Å²) in [6.07, 6.45) is 2.90. The molecule has 0 aromatic heterocycles. The Morgan fingerprint density at radius 2 is 2.14 bits per heavy atom. The summed E-state index contributed by atoms with van der Waals surface area (Å²) < 4.78 is 0. The van der Waals surface area contributed by atoms with E-state index in [9.17, 15) is 9.59 Å². The van der Waals surface area contributed by atoms with Gasteiger partial charge in [0.2, 0.25) is 5.91 Å². The van der Waals surface area contributed by atoms with Gasteiger partial charge in [0.25, 0.3) is 0 Å². The summed E-state index contributed by atoms with van der Waals surface area (Å²) >= 11 is 0. The highest BCUT2D eigenvalue weighted by Gasteiger charge is 2.29. The molecule has 1 unspecified atom stereocenters. The van der Waals surface area contributed by atoms with E-state index in [-0.39, 0.29) is 24.2 Å². The second-order valence-electron chi connectivity index (χ2n) is 3.89. The van der Waals surface area contributed by atoms with Gasteiger partial charge in [-0.25, -0.2) is 0 Å². The Balaban J connectivity index is 2.18. The molecular weight excluding hydrogens is 182 g/mol. The van der Waals surface area contributed by atoms with Gasteiger partial charge in [-0.1, -0.05) is 13.3 Å². The normalized spacial score (nSPS) is 17.5. The molecule has 1 aliphatic rings. The molecule has 0 radical (unpaired) electrons. The van der Waals surface area contributed by atoms with Crippen LogP contribution in [0.2, 0.25) is 0 Å². The van der Waals surface area contributed by atoms with Crippen LogP contribution in [0.25, 0.3) is 0 Å². The molecule has 1 aliphatic carbocycles. The van der Waals surface area contributed by atoms with E-state index < -0.39 is 5.97 Å². The highest BCUT2D eigenvalue weighted by atomic mass is 16.4. The Labute approximate surface area is 83.7 Å². The molecular formula is C10H17NO3. The van der Waals surface area contributed by atoms with E-state index in [0.29, 0.717) is 6.54 Å². The minimum Gasteiger partial charge on any atom is -0.481 e. The number of carbonyl (C=O) groups excluding carboxylic acids is 1. The van der Waals surface area contributed by atoms with E-state index >= 15 is 0 Å². The summed E-state index contributed by atoms with van der Waals surface area (Å²) in [5, 5.41) is 11.4. The van der Waals surface area contributed by atoms with Gasteiger partial charge in [0, 0.05) is 18.9 Å². The third-order valence-corrected chi connectivity index (χ3v) is 2.55. The lowest BCUT2D eigenvalue weighted by Gasteiger charge is -2.12. The molecule has 0 aliphatic heterocycles. The quantitative estimate of drug-likeness (QED) is 0.671. The first-order chi connectivity index (χ1) is 6.63. The Bertz CT molecular complexity index is 223. The van der Waals surface area contributed by atoms with Crippen molar-refractivity contribution in [2.75, 3.05) is 6.54 Å². The topological polar surface area (TPSA) is 66.4 Å². The van der Waals surface area contributed by atoms with Gasteiger partial charge in [0.05, 0.1) is 0 Å². The molecule has 80 valence electrons. The van der Waals surface area contributed by atoms with Crippen molar-refractivity contribution in [3.8, 4) is 0 Å². The number of amides is 1. The molecule has 1 atom stereocenters. The number of hydrogen-bond acceptors (Lipinski definition) is 2. The average Bonchev–Trinajstić information content (AvgIpc) is 2.93. The third-order valence-electron chi connectivity index (χ3n) is 2.55. The second-order valence-corrected chi connectivity index (χ2v) is 3.89. The maximum atomic E-state index is 11.3. The fraction of sp³-hybridized carbons (Fsp3) is 0.800. The zero-order valence-corrected chi connectivity index (χ0v) is 8.45. The molecule has 1 amide bonds. The minimum atomic E-state index is -0.794. The summed E-state index contributed by atoms with van der Waals surface area (Å²) in [5.74, 6) is -0.432. The van der Waals surface area contributed by atoms with Gasteiger partial charge in [-0.3, -0.25) is 9.59 Å². The van der Waals surface area contributed by atoms with E-state index in [1.165, 1.54) is 0 Å². The number of carbonyl (C=O) groups is 2. The summed E-state index contributed by atoms with van der Waals surface area (Å²) in [7, 11) is 0. The fourth-order valence-corrected chi connectivity index (χ4v) is 1.34. The summed E-state index contributed by atoms with van der Waals surface area (Å²) in [4.78, 5) is 21.7. The Morgan fingerprint density at radius 3 is 2.57 bits per heavy atom. The Hall–Kier alpha value is -1.06. The maximum absolute atomic E-state index is 11.3. The largest absolute Gasteiger partial charge is 0.481 e. The molecule has 0 saturated heterocycles. The molecule has 1 saturated carbocycles. The predicted molar refractivity (Wildman–Crippen MR) is 51.8 cm³/mol. The smallest absolute Gasteiger partial charge is 0.303 e. The molecule has 1 fully saturated rings. The van der Waals surface area contributed by atoms with Crippen molar-refractivity contribution in [3.05, 3.63) is 0 Å². The van der Waals surface area contributed by atoms with Gasteiger partial charge in [-0.2, -0.15) is 0 Å². The van der Waals surface area contributed by atoms with Gasteiger partial charge in [-0.05, 0) is 18.8 Å². The summed E-state index contributed by atoms with van der Waals surface area (Å²) in [6.45, 7) is 2.44. The zero-order valence-electron chi connectivity index (χ0n) is 8.45. The maximum Gasteiger partial charge on any atom is 0.303 e. The number of aliphatic carboxylic acids is 1. The van der Waals surface area contributed by atoms with E-state index in [2.05, 4.69) is 5.32 Å². The number of hydrogen-bond donors (Lipinski definition) is 2. The van der Waals surface area contributed by atoms with Crippen LogP contribution in [0.5, 0.6) is 0 Å². The number of carboxylic acid groups (broad SMARTS) is 1. The average molecular weight is 199 g/mol. The minimum absolute atomic E-state index is 0.0650. The SMILES string of the molecule is CCC(CNC(=O)C1CC1)CC(=O)O. The van der Waals surface area contributed by atoms with Crippen LogP contribution in [0, 0.1) is 11.8 Å². The molecule has 0 spiro atoms. The van der Waals surface area contributed by atoms with Gasteiger partial charge in [-0.15, -0.1) is 0 Å². The van der Waals surface area contributed by atoms with E-state index in [0.717, 1.165) is 19.3 Å². The first-order valence-corrected chi connectivity index (χ1v) is 5.13. The van der Waals surface area contributed by atoms with Crippen molar-refractivity contribution >= 4 is 11.9 Å². The molecule has 0 heterocycles. The molecule has 0 aromatic carbocycles. The monoisotopic (exact) mass is 199 g/mol. The van der Waals surface area contributed by atoms with Gasteiger partial charge < -0.3 is 10.4 Å². The van der Waals surface area contributed by atoms with Crippen LogP contribution in [-0.2, 0) is 9.59 Å². The van der Waals surface area contributed by atoms with Crippen LogP contribution >= 0.6 is 0 Å². The van der Waals surface area contributed by atoms with Crippen molar-refractivity contribution in [1.29, 1.82) is 0 Å². The number of rotatable bonds is 6. The van der Waals surface area contributed by atoms with E-state index in [1.54, 1.807) is 0 Å². The van der Waals surface area contributed by atoms with Crippen molar-refractivity contribution in [1.82, 2.24) is 5.32 Å². The van der Waals surface area contributed by atoms with Crippen LogP contribution < -0.4 is 5.32 Å². The third kappa shape index (κ3) is 3.77. The van der Waals surface area contributed by atoms with Crippen LogP contribution in [0.4, 0.5) is 0 Å². The Kier molecular flexibility index (Phi) is 3.92. The standard InChI is InChI=1S/C10H17NO3/c1-2-7(5-9(12)13)6-11-10(14)8-3-4-8/h7-8H,2-6H2,1H3,(H,11,14)(H,12,13). The zero-order chi connectivity index (χ0) is 10.6. The lowest BCUT2D eigenvalue weighted by molar-refractivity contribution is -0.138. The summed E-state index contributed by atoms with van der Waals surface area (Å²) in [5.41, 5.74) is 0. The number of nitrogens with one attached hydrogen (secondary N) is 1. The molecule has 0 bridgehead atoms. The first kappa shape index (κ1) is 11.0. The first-order valence-electron chi connectivity index (χ1n) is 5.13. The molecule has 2 N–H and O–H groups in total. The molecule has 1 rings (SSSR count). The number of carboxylic acids is 1. The second kappa shape index (κ2) is 4.98. The van der Waals surface area contributed by atoms with Gasteiger partial charge in [0.1, 0.15) is 0 Å².